The second-order valence-corrected chi connectivity index (χ2v) is 5.33. The number of hydrazone groups is 1. The molecule has 1 rings (SSSR count). The number of amides is 1. The first-order valence-corrected chi connectivity index (χ1v) is 6.94. The Labute approximate surface area is 133 Å². The molecule has 0 aromatic heterocycles. The number of nitrogens with two attached hydrogens (primary N) is 1. The zero-order valence-electron chi connectivity index (χ0n) is 12.2. The molecule has 0 aliphatic rings. The van der Waals surface area contributed by atoms with Gasteiger partial charge in [-0.2, -0.15) is 5.10 Å². The minimum Gasteiger partial charge on any atom is -0.480 e. The smallest absolute Gasteiger partial charge is 0.326 e. The monoisotopic (exact) mass is 322 g/mol. The third-order valence-corrected chi connectivity index (χ3v) is 2.87. The number of carbonyl (C=O) groups excluding carboxylic acids is 1. The van der Waals surface area contributed by atoms with Gasteiger partial charge in [0.1, 0.15) is 6.04 Å². The van der Waals surface area contributed by atoms with Crippen LogP contribution in [0.5, 0.6) is 0 Å². The highest BCUT2D eigenvalue weighted by Crippen LogP contribution is 2.06. The van der Waals surface area contributed by atoms with Gasteiger partial charge in [0.2, 0.25) is 0 Å². The zero-order chi connectivity index (χ0) is 16.7. The van der Waals surface area contributed by atoms with Crippen LogP contribution in [-0.2, 0) is 4.79 Å². The highest BCUT2D eigenvalue weighted by molar-refractivity contribution is 7.80. The number of nitrogens with zero attached hydrogens (tertiary/aromatic N) is 1. The van der Waals surface area contributed by atoms with Crippen LogP contribution in [0.4, 0.5) is 0 Å². The quantitative estimate of drug-likeness (QED) is 0.348. The summed E-state index contributed by atoms with van der Waals surface area (Å²) in [7, 11) is 0. The molecular formula is C14H18N4O3S. The summed E-state index contributed by atoms with van der Waals surface area (Å²) in [5, 5.41) is 15.4. The molecule has 7 nitrogen and oxygen atoms in total. The van der Waals surface area contributed by atoms with Gasteiger partial charge in [-0.1, -0.05) is 26.0 Å². The van der Waals surface area contributed by atoms with Gasteiger partial charge >= 0.3 is 5.97 Å². The van der Waals surface area contributed by atoms with Gasteiger partial charge in [-0.3, -0.25) is 10.2 Å². The number of hydrogen-bond acceptors (Lipinski definition) is 4. The Morgan fingerprint density at radius 1 is 1.32 bits per heavy atom. The van der Waals surface area contributed by atoms with Crippen molar-refractivity contribution in [2.45, 2.75) is 19.9 Å². The molecular weight excluding hydrogens is 304 g/mol. The van der Waals surface area contributed by atoms with Crippen molar-refractivity contribution in [1.29, 1.82) is 0 Å². The summed E-state index contributed by atoms with van der Waals surface area (Å²) >= 11 is 4.60. The van der Waals surface area contributed by atoms with Crippen molar-refractivity contribution in [3.05, 3.63) is 35.4 Å². The fraction of sp³-hybridized carbons (Fsp3) is 0.286. The van der Waals surface area contributed by atoms with Gasteiger partial charge in [-0.05, 0) is 35.8 Å². The van der Waals surface area contributed by atoms with E-state index in [1.807, 2.05) is 0 Å². The molecule has 8 heteroatoms. The van der Waals surface area contributed by atoms with Gasteiger partial charge in [0, 0.05) is 5.56 Å². The van der Waals surface area contributed by atoms with E-state index >= 15 is 0 Å². The molecule has 0 aliphatic carbocycles. The number of benzene rings is 1. The Kier molecular flexibility index (Phi) is 6.46. The van der Waals surface area contributed by atoms with E-state index in [0.717, 1.165) is 5.56 Å². The van der Waals surface area contributed by atoms with E-state index in [-0.39, 0.29) is 11.0 Å². The Balaban J connectivity index is 2.73. The minimum atomic E-state index is -1.06. The number of thiocarbonyl (C=S) groups is 1. The van der Waals surface area contributed by atoms with Gasteiger partial charge in [0.15, 0.2) is 5.11 Å². The molecule has 0 fully saturated rings. The van der Waals surface area contributed by atoms with E-state index in [0.29, 0.717) is 5.56 Å². The van der Waals surface area contributed by atoms with Crippen molar-refractivity contribution >= 4 is 35.4 Å². The van der Waals surface area contributed by atoms with Gasteiger partial charge in [-0.25, -0.2) is 4.79 Å². The SMILES string of the molecule is CC(C)C(NC(=O)c1ccc(/C=N/NC(N)=S)cc1)C(=O)O. The molecule has 118 valence electrons. The standard InChI is InChI=1S/C14H18N4O3S/c1-8(2)11(13(20)21)17-12(19)10-5-3-9(4-6-10)7-16-18-14(15)22/h3-8,11H,1-2H3,(H,17,19)(H,20,21)(H3,15,18,22)/b16-7+. The molecule has 1 unspecified atom stereocenters. The van der Waals surface area contributed by atoms with Crippen molar-refractivity contribution in [2.24, 2.45) is 16.8 Å². The maximum absolute atomic E-state index is 12.0. The van der Waals surface area contributed by atoms with Gasteiger partial charge < -0.3 is 16.2 Å². The fourth-order valence-corrected chi connectivity index (χ4v) is 1.68. The maximum Gasteiger partial charge on any atom is 0.326 e. The molecule has 0 saturated carbocycles. The van der Waals surface area contributed by atoms with Gasteiger partial charge in [0.05, 0.1) is 6.21 Å². The molecule has 0 saturated heterocycles. The topological polar surface area (TPSA) is 117 Å². The molecule has 1 amide bonds. The van der Waals surface area contributed by atoms with Crippen LogP contribution in [0, 0.1) is 5.92 Å². The van der Waals surface area contributed by atoms with E-state index in [1.165, 1.54) is 6.21 Å². The van der Waals surface area contributed by atoms with Crippen LogP contribution >= 0.6 is 12.2 Å². The van der Waals surface area contributed by atoms with Crippen molar-refractivity contribution in [3.63, 3.8) is 0 Å². The number of aliphatic carboxylic acids is 1. The largest absolute Gasteiger partial charge is 0.480 e. The Morgan fingerprint density at radius 2 is 1.91 bits per heavy atom. The summed E-state index contributed by atoms with van der Waals surface area (Å²) in [6, 6.07) is 5.58. The van der Waals surface area contributed by atoms with Crippen LogP contribution in [0.25, 0.3) is 0 Å². The average molecular weight is 322 g/mol. The lowest BCUT2D eigenvalue weighted by molar-refractivity contribution is -0.140. The second-order valence-electron chi connectivity index (χ2n) is 4.89. The van der Waals surface area contributed by atoms with Crippen molar-refractivity contribution < 1.29 is 14.7 Å². The van der Waals surface area contributed by atoms with Gasteiger partial charge in [0.25, 0.3) is 5.91 Å². The number of carboxylic acid groups (broad SMARTS) is 1. The molecule has 1 aromatic carbocycles. The molecule has 0 spiro atoms. The summed E-state index contributed by atoms with van der Waals surface area (Å²) in [4.78, 5) is 23.1. The molecule has 5 N–H and O–H groups in total. The predicted molar refractivity (Wildman–Crippen MR) is 87.7 cm³/mol. The molecule has 1 atom stereocenters. The number of carboxylic acids is 1. The third kappa shape index (κ3) is 5.49. The Hall–Kier alpha value is -2.48. The van der Waals surface area contributed by atoms with Crippen LogP contribution in [-0.4, -0.2) is 34.4 Å². The molecule has 0 radical (unpaired) electrons. The van der Waals surface area contributed by atoms with Gasteiger partial charge in [-0.15, -0.1) is 0 Å². The predicted octanol–water partition coefficient (Wildman–Crippen LogP) is 0.693. The summed E-state index contributed by atoms with van der Waals surface area (Å²) < 4.78 is 0. The summed E-state index contributed by atoms with van der Waals surface area (Å²) in [5.74, 6) is -1.71. The normalized spacial score (nSPS) is 12.1. The number of rotatable bonds is 6. The van der Waals surface area contributed by atoms with E-state index in [4.69, 9.17) is 10.8 Å². The van der Waals surface area contributed by atoms with E-state index < -0.39 is 17.9 Å². The first kappa shape index (κ1) is 17.6. The van der Waals surface area contributed by atoms with Crippen LogP contribution < -0.4 is 16.5 Å². The summed E-state index contributed by atoms with van der Waals surface area (Å²) in [6.07, 6.45) is 1.50. The molecule has 0 heterocycles. The van der Waals surface area contributed by atoms with Crippen LogP contribution in [0.15, 0.2) is 29.4 Å². The minimum absolute atomic E-state index is 0.0562. The first-order valence-electron chi connectivity index (χ1n) is 6.53. The number of nitrogens with one attached hydrogen (secondary N) is 2. The molecule has 22 heavy (non-hydrogen) atoms. The Morgan fingerprint density at radius 3 is 2.36 bits per heavy atom. The van der Waals surface area contributed by atoms with Crippen molar-refractivity contribution in [3.8, 4) is 0 Å². The molecule has 1 aromatic rings. The lowest BCUT2D eigenvalue weighted by Crippen LogP contribution is -2.44. The third-order valence-electron chi connectivity index (χ3n) is 2.78. The second kappa shape index (κ2) is 8.08. The van der Waals surface area contributed by atoms with E-state index in [9.17, 15) is 9.59 Å². The summed E-state index contributed by atoms with van der Waals surface area (Å²) in [5.41, 5.74) is 8.74. The van der Waals surface area contributed by atoms with Crippen LogP contribution in [0.2, 0.25) is 0 Å². The molecule has 0 bridgehead atoms. The lowest BCUT2D eigenvalue weighted by atomic mass is 10.0. The fourth-order valence-electron chi connectivity index (χ4n) is 1.63. The summed E-state index contributed by atoms with van der Waals surface area (Å²) in [6.45, 7) is 3.46. The zero-order valence-corrected chi connectivity index (χ0v) is 13.1. The number of carbonyl (C=O) groups is 2. The van der Waals surface area contributed by atoms with Crippen molar-refractivity contribution in [1.82, 2.24) is 10.7 Å². The average Bonchev–Trinajstić information content (AvgIpc) is 2.44. The Bertz CT molecular complexity index is 584. The van der Waals surface area contributed by atoms with E-state index in [2.05, 4.69) is 28.1 Å². The van der Waals surface area contributed by atoms with Crippen LogP contribution in [0.1, 0.15) is 29.8 Å². The van der Waals surface area contributed by atoms with Crippen LogP contribution in [0.3, 0.4) is 0 Å². The lowest BCUT2D eigenvalue weighted by Gasteiger charge is -2.17. The highest BCUT2D eigenvalue weighted by Gasteiger charge is 2.23. The number of hydrogen-bond donors (Lipinski definition) is 4. The highest BCUT2D eigenvalue weighted by atomic mass is 32.1. The molecule has 0 aliphatic heterocycles. The maximum atomic E-state index is 12.0. The van der Waals surface area contributed by atoms with E-state index in [1.54, 1.807) is 38.1 Å². The van der Waals surface area contributed by atoms with Crippen molar-refractivity contribution in [2.75, 3.05) is 0 Å². The first-order chi connectivity index (χ1) is 10.3.